The van der Waals surface area contributed by atoms with E-state index in [4.69, 9.17) is 16.7 Å². The fourth-order valence-corrected chi connectivity index (χ4v) is 1.93. The molecule has 0 fully saturated rings. The lowest BCUT2D eigenvalue weighted by Crippen LogP contribution is -2.07. The molecule has 0 aliphatic heterocycles. The summed E-state index contributed by atoms with van der Waals surface area (Å²) in [5, 5.41) is 21.4. The molecule has 3 N–H and O–H groups in total. The number of rotatable bonds is 4. The minimum absolute atomic E-state index is 0.00595. The van der Waals surface area contributed by atoms with Gasteiger partial charge in [-0.15, -0.1) is 0 Å². The van der Waals surface area contributed by atoms with E-state index < -0.39 is 23.2 Å². The molecule has 0 saturated heterocycles. The van der Waals surface area contributed by atoms with E-state index in [0.29, 0.717) is 16.7 Å². The molecule has 0 amide bonds. The van der Waals surface area contributed by atoms with E-state index in [1.807, 2.05) is 0 Å². The molecule has 21 heavy (non-hydrogen) atoms. The summed E-state index contributed by atoms with van der Waals surface area (Å²) in [4.78, 5) is 10.8. The largest absolute Gasteiger partial charge is 0.508 e. The summed E-state index contributed by atoms with van der Waals surface area (Å²) in [6.07, 6.45) is 0. The van der Waals surface area contributed by atoms with Crippen LogP contribution in [-0.4, -0.2) is 16.2 Å². The predicted molar refractivity (Wildman–Crippen MR) is 73.8 cm³/mol. The maximum absolute atomic E-state index is 13.6. The van der Waals surface area contributed by atoms with Crippen molar-refractivity contribution < 1.29 is 23.8 Å². The van der Waals surface area contributed by atoms with Crippen molar-refractivity contribution >= 4 is 23.3 Å². The first-order valence-electron chi connectivity index (χ1n) is 5.82. The zero-order chi connectivity index (χ0) is 15.6. The molecule has 0 saturated carbocycles. The molecule has 0 spiro atoms. The lowest BCUT2D eigenvalue weighted by atomic mass is 10.1. The third kappa shape index (κ3) is 3.41. The van der Waals surface area contributed by atoms with Crippen LogP contribution in [0, 0.1) is 11.6 Å². The molecule has 0 heterocycles. The van der Waals surface area contributed by atoms with Gasteiger partial charge in [0.2, 0.25) is 0 Å². The number of benzene rings is 2. The normalized spacial score (nSPS) is 10.4. The summed E-state index contributed by atoms with van der Waals surface area (Å²) < 4.78 is 26.8. The number of aromatic carboxylic acids is 1. The van der Waals surface area contributed by atoms with Gasteiger partial charge >= 0.3 is 5.97 Å². The first-order chi connectivity index (χ1) is 9.88. The molecule has 7 heteroatoms. The number of hydrogen-bond acceptors (Lipinski definition) is 3. The maximum Gasteiger partial charge on any atom is 0.338 e. The van der Waals surface area contributed by atoms with Crippen LogP contribution in [0.2, 0.25) is 5.02 Å². The van der Waals surface area contributed by atoms with Gasteiger partial charge in [0.25, 0.3) is 0 Å². The maximum atomic E-state index is 13.6. The second kappa shape index (κ2) is 5.97. The molecule has 0 radical (unpaired) electrons. The fraction of sp³-hybridized carbons (Fsp3) is 0.0714. The van der Waals surface area contributed by atoms with Crippen LogP contribution in [0.15, 0.2) is 30.3 Å². The number of carboxylic acid groups (broad SMARTS) is 1. The van der Waals surface area contributed by atoms with Gasteiger partial charge in [-0.05, 0) is 24.3 Å². The van der Waals surface area contributed by atoms with E-state index >= 15 is 0 Å². The Labute approximate surface area is 123 Å². The molecular formula is C14H10ClF2NO3. The smallest absolute Gasteiger partial charge is 0.338 e. The van der Waals surface area contributed by atoms with Crippen LogP contribution in [-0.2, 0) is 6.54 Å². The Bertz CT molecular complexity index is 707. The molecular weight excluding hydrogens is 304 g/mol. The molecule has 4 nitrogen and oxygen atoms in total. The minimum Gasteiger partial charge on any atom is -0.508 e. The van der Waals surface area contributed by atoms with E-state index in [9.17, 15) is 18.7 Å². The molecule has 0 unspecified atom stereocenters. The third-order valence-corrected chi connectivity index (χ3v) is 3.03. The Morgan fingerprint density at radius 1 is 1.19 bits per heavy atom. The van der Waals surface area contributed by atoms with Crippen LogP contribution in [0.1, 0.15) is 15.9 Å². The number of phenolic OH excluding ortho intramolecular Hbond substituents is 1. The van der Waals surface area contributed by atoms with Crippen molar-refractivity contribution in [3.63, 3.8) is 0 Å². The van der Waals surface area contributed by atoms with Crippen molar-refractivity contribution in [2.75, 3.05) is 5.32 Å². The average Bonchev–Trinajstić information content (AvgIpc) is 2.41. The van der Waals surface area contributed by atoms with E-state index in [2.05, 4.69) is 5.32 Å². The van der Waals surface area contributed by atoms with Crippen molar-refractivity contribution in [2.24, 2.45) is 0 Å². The first-order valence-corrected chi connectivity index (χ1v) is 6.20. The quantitative estimate of drug-likeness (QED) is 0.806. The van der Waals surface area contributed by atoms with E-state index in [1.54, 1.807) is 0 Å². The van der Waals surface area contributed by atoms with E-state index in [1.165, 1.54) is 18.2 Å². The lowest BCUT2D eigenvalue weighted by Gasteiger charge is -2.10. The van der Waals surface area contributed by atoms with Gasteiger partial charge in [0.05, 0.1) is 11.3 Å². The number of aromatic hydroxyl groups is 1. The Balaban J connectivity index is 2.25. The molecule has 2 aromatic rings. The van der Waals surface area contributed by atoms with Crippen LogP contribution >= 0.6 is 11.6 Å². The van der Waals surface area contributed by atoms with Gasteiger partial charge in [-0.2, -0.15) is 0 Å². The number of hydrogen-bond donors (Lipinski definition) is 3. The van der Waals surface area contributed by atoms with Crippen molar-refractivity contribution in [2.45, 2.75) is 6.54 Å². The highest BCUT2D eigenvalue weighted by atomic mass is 35.5. The van der Waals surface area contributed by atoms with Crippen LogP contribution < -0.4 is 5.32 Å². The van der Waals surface area contributed by atoms with Gasteiger partial charge in [0, 0.05) is 23.2 Å². The Morgan fingerprint density at radius 3 is 2.57 bits per heavy atom. The summed E-state index contributed by atoms with van der Waals surface area (Å²) >= 11 is 5.78. The van der Waals surface area contributed by atoms with Gasteiger partial charge < -0.3 is 15.5 Å². The zero-order valence-corrected chi connectivity index (χ0v) is 11.3. The Hall–Kier alpha value is -2.34. The molecule has 0 aliphatic rings. The fourth-order valence-electron chi connectivity index (χ4n) is 1.73. The van der Waals surface area contributed by atoms with Crippen LogP contribution in [0.4, 0.5) is 14.5 Å². The highest BCUT2D eigenvalue weighted by molar-refractivity contribution is 6.30. The number of phenols is 1. The second-order valence-electron chi connectivity index (χ2n) is 4.24. The van der Waals surface area contributed by atoms with Crippen LogP contribution in [0.5, 0.6) is 5.75 Å². The third-order valence-electron chi connectivity index (χ3n) is 2.80. The standard InChI is InChI=1S/C14H10ClF2NO3/c15-8-1-2-13(19)7(3-8)6-18-12-4-9(14(20)21)10(16)5-11(12)17/h1-5,18-19H,6H2,(H,20,21). The van der Waals surface area contributed by atoms with Gasteiger partial charge in [-0.3, -0.25) is 0 Å². The van der Waals surface area contributed by atoms with E-state index in [0.717, 1.165) is 6.07 Å². The highest BCUT2D eigenvalue weighted by Gasteiger charge is 2.15. The highest BCUT2D eigenvalue weighted by Crippen LogP contribution is 2.24. The van der Waals surface area contributed by atoms with Crippen molar-refractivity contribution in [1.82, 2.24) is 0 Å². The average molecular weight is 314 g/mol. The summed E-state index contributed by atoms with van der Waals surface area (Å²) in [7, 11) is 0. The van der Waals surface area contributed by atoms with Crippen molar-refractivity contribution in [3.8, 4) is 5.75 Å². The number of halogens is 3. The monoisotopic (exact) mass is 313 g/mol. The summed E-state index contributed by atoms with van der Waals surface area (Å²) in [6, 6.07) is 5.69. The van der Waals surface area contributed by atoms with Crippen LogP contribution in [0.3, 0.4) is 0 Å². The molecule has 0 atom stereocenters. The second-order valence-corrected chi connectivity index (χ2v) is 4.68. The van der Waals surface area contributed by atoms with Gasteiger partial charge in [-0.25, -0.2) is 13.6 Å². The summed E-state index contributed by atoms with van der Waals surface area (Å²) in [6.45, 7) is -0.00595. The molecule has 2 rings (SSSR count). The molecule has 0 bridgehead atoms. The number of carbonyl (C=O) groups is 1. The molecule has 0 aliphatic carbocycles. The molecule has 2 aromatic carbocycles. The first kappa shape index (κ1) is 15.1. The minimum atomic E-state index is -1.50. The number of anilines is 1. The lowest BCUT2D eigenvalue weighted by molar-refractivity contribution is 0.0692. The molecule has 0 aromatic heterocycles. The predicted octanol–water partition coefficient (Wildman–Crippen LogP) is 3.63. The summed E-state index contributed by atoms with van der Waals surface area (Å²) in [5.74, 6) is -3.63. The Kier molecular flexibility index (Phi) is 4.28. The SMILES string of the molecule is O=C(O)c1cc(NCc2cc(Cl)ccc2O)c(F)cc1F. The molecule has 110 valence electrons. The Morgan fingerprint density at radius 2 is 1.90 bits per heavy atom. The topological polar surface area (TPSA) is 69.6 Å². The van der Waals surface area contributed by atoms with E-state index in [-0.39, 0.29) is 18.0 Å². The number of carboxylic acids is 1. The van der Waals surface area contributed by atoms with Crippen molar-refractivity contribution in [3.05, 3.63) is 58.1 Å². The van der Waals surface area contributed by atoms with Crippen LogP contribution in [0.25, 0.3) is 0 Å². The zero-order valence-electron chi connectivity index (χ0n) is 10.5. The number of nitrogens with one attached hydrogen (secondary N) is 1. The van der Waals surface area contributed by atoms with Gasteiger partial charge in [0.15, 0.2) is 0 Å². The van der Waals surface area contributed by atoms with Gasteiger partial charge in [-0.1, -0.05) is 11.6 Å². The summed E-state index contributed by atoms with van der Waals surface area (Å²) in [5.41, 5.74) is -0.439. The van der Waals surface area contributed by atoms with Crippen molar-refractivity contribution in [1.29, 1.82) is 0 Å². The van der Waals surface area contributed by atoms with Gasteiger partial charge in [0.1, 0.15) is 17.4 Å².